The van der Waals surface area contributed by atoms with Crippen molar-refractivity contribution >= 4 is 18.3 Å². The van der Waals surface area contributed by atoms with Crippen molar-refractivity contribution in [3.63, 3.8) is 0 Å². The van der Waals surface area contributed by atoms with Crippen molar-refractivity contribution in [1.82, 2.24) is 10.6 Å². The van der Waals surface area contributed by atoms with Crippen LogP contribution in [-0.4, -0.2) is 25.5 Å². The highest BCUT2D eigenvalue weighted by Crippen LogP contribution is 2.23. The van der Waals surface area contributed by atoms with Crippen LogP contribution in [0.1, 0.15) is 32.1 Å². The van der Waals surface area contributed by atoms with Crippen molar-refractivity contribution in [2.24, 2.45) is 11.8 Å². The first kappa shape index (κ1) is 12.8. The molecule has 1 saturated heterocycles. The summed E-state index contributed by atoms with van der Waals surface area (Å²) in [7, 11) is 0. The Kier molecular flexibility index (Phi) is 5.40. The molecule has 0 bridgehead atoms. The standard InChI is InChI=1S/C11H20N2O.ClH/c14-11(10-5-6-12-8-10)13-7-9-3-1-2-4-9;/h9-10,12H,1-8H2,(H,13,14);1H/t10-;/m1./s1. The second-order valence-corrected chi connectivity index (χ2v) is 4.59. The topological polar surface area (TPSA) is 41.1 Å². The number of hydrogen-bond donors (Lipinski definition) is 2. The van der Waals surface area contributed by atoms with E-state index < -0.39 is 0 Å². The predicted molar refractivity (Wildman–Crippen MR) is 63.2 cm³/mol. The van der Waals surface area contributed by atoms with Crippen molar-refractivity contribution in [2.45, 2.75) is 32.1 Å². The molecular formula is C11H21ClN2O. The summed E-state index contributed by atoms with van der Waals surface area (Å²) in [6, 6.07) is 0. The SMILES string of the molecule is Cl.O=C(NCC1CCCC1)[C@@H]1CCNC1. The minimum Gasteiger partial charge on any atom is -0.356 e. The molecule has 0 aromatic rings. The quantitative estimate of drug-likeness (QED) is 0.771. The van der Waals surface area contributed by atoms with Gasteiger partial charge in [0.05, 0.1) is 5.92 Å². The second-order valence-electron chi connectivity index (χ2n) is 4.59. The third-order valence-electron chi connectivity index (χ3n) is 3.47. The molecule has 0 radical (unpaired) electrons. The molecule has 0 spiro atoms. The Bertz CT molecular complexity index is 199. The van der Waals surface area contributed by atoms with Gasteiger partial charge >= 0.3 is 0 Å². The lowest BCUT2D eigenvalue weighted by Gasteiger charge is -2.13. The number of halogens is 1. The fourth-order valence-electron chi connectivity index (χ4n) is 2.48. The predicted octanol–water partition coefficient (Wildman–Crippen LogP) is 1.32. The van der Waals surface area contributed by atoms with E-state index in [9.17, 15) is 4.79 Å². The third-order valence-corrected chi connectivity index (χ3v) is 3.47. The lowest BCUT2D eigenvalue weighted by molar-refractivity contribution is -0.124. The van der Waals surface area contributed by atoms with Crippen molar-refractivity contribution < 1.29 is 4.79 Å². The number of nitrogens with one attached hydrogen (secondary N) is 2. The van der Waals surface area contributed by atoms with Crippen LogP contribution >= 0.6 is 12.4 Å². The summed E-state index contributed by atoms with van der Waals surface area (Å²) in [6.45, 7) is 2.79. The minimum absolute atomic E-state index is 0. The fraction of sp³-hybridized carbons (Fsp3) is 0.909. The van der Waals surface area contributed by atoms with Gasteiger partial charge in [-0.3, -0.25) is 4.79 Å². The highest BCUT2D eigenvalue weighted by Gasteiger charge is 2.23. The van der Waals surface area contributed by atoms with Gasteiger partial charge in [-0.1, -0.05) is 12.8 Å². The smallest absolute Gasteiger partial charge is 0.224 e. The number of carbonyl (C=O) groups is 1. The second kappa shape index (κ2) is 6.33. The number of rotatable bonds is 3. The van der Waals surface area contributed by atoms with Crippen molar-refractivity contribution in [3.05, 3.63) is 0 Å². The largest absolute Gasteiger partial charge is 0.356 e. The summed E-state index contributed by atoms with van der Waals surface area (Å²) in [5.74, 6) is 1.26. The highest BCUT2D eigenvalue weighted by atomic mass is 35.5. The van der Waals surface area contributed by atoms with E-state index >= 15 is 0 Å². The molecule has 1 aliphatic heterocycles. The van der Waals surface area contributed by atoms with Gasteiger partial charge < -0.3 is 10.6 Å². The summed E-state index contributed by atoms with van der Waals surface area (Å²) >= 11 is 0. The van der Waals surface area contributed by atoms with Gasteiger partial charge in [0.15, 0.2) is 0 Å². The molecule has 4 heteroatoms. The number of carbonyl (C=O) groups excluding carboxylic acids is 1. The minimum atomic E-state index is 0. The molecule has 3 nitrogen and oxygen atoms in total. The molecule has 88 valence electrons. The zero-order chi connectivity index (χ0) is 9.80. The number of hydrogen-bond acceptors (Lipinski definition) is 2. The molecule has 1 atom stereocenters. The van der Waals surface area contributed by atoms with Gasteiger partial charge in [0, 0.05) is 13.1 Å². The van der Waals surface area contributed by atoms with Crippen LogP contribution in [0.25, 0.3) is 0 Å². The van der Waals surface area contributed by atoms with Crippen molar-refractivity contribution in [2.75, 3.05) is 19.6 Å². The maximum Gasteiger partial charge on any atom is 0.224 e. The molecule has 2 fully saturated rings. The molecule has 2 N–H and O–H groups in total. The average Bonchev–Trinajstić information content (AvgIpc) is 2.87. The zero-order valence-corrected chi connectivity index (χ0v) is 9.94. The van der Waals surface area contributed by atoms with Crippen LogP contribution in [0, 0.1) is 11.8 Å². The van der Waals surface area contributed by atoms with Crippen LogP contribution in [-0.2, 0) is 4.79 Å². The summed E-state index contributed by atoms with van der Waals surface area (Å²) in [6.07, 6.45) is 6.33. The normalized spacial score (nSPS) is 26.3. The first-order valence-electron chi connectivity index (χ1n) is 5.84. The highest BCUT2D eigenvalue weighted by molar-refractivity contribution is 5.85. The van der Waals surface area contributed by atoms with Gasteiger partial charge in [-0.2, -0.15) is 0 Å². The Balaban J connectivity index is 0.00000112. The van der Waals surface area contributed by atoms with Crippen LogP contribution in [0.5, 0.6) is 0 Å². The van der Waals surface area contributed by atoms with E-state index in [0.29, 0.717) is 0 Å². The van der Waals surface area contributed by atoms with E-state index in [1.807, 2.05) is 0 Å². The molecule has 1 aliphatic carbocycles. The Labute approximate surface area is 97.8 Å². The van der Waals surface area contributed by atoms with Crippen LogP contribution in [0.3, 0.4) is 0 Å². The Morgan fingerprint density at radius 3 is 2.60 bits per heavy atom. The molecule has 1 saturated carbocycles. The molecule has 2 aliphatic rings. The maximum atomic E-state index is 11.7. The molecule has 0 unspecified atom stereocenters. The van der Waals surface area contributed by atoms with Crippen LogP contribution in [0.4, 0.5) is 0 Å². The van der Waals surface area contributed by atoms with E-state index in [-0.39, 0.29) is 24.2 Å². The summed E-state index contributed by atoms with van der Waals surface area (Å²) < 4.78 is 0. The lowest BCUT2D eigenvalue weighted by atomic mass is 10.1. The van der Waals surface area contributed by atoms with E-state index in [1.54, 1.807) is 0 Å². The first-order valence-corrected chi connectivity index (χ1v) is 5.84. The van der Waals surface area contributed by atoms with E-state index in [1.165, 1.54) is 25.7 Å². The zero-order valence-electron chi connectivity index (χ0n) is 9.13. The van der Waals surface area contributed by atoms with Gasteiger partial charge in [0.2, 0.25) is 5.91 Å². The molecule has 0 aromatic carbocycles. The van der Waals surface area contributed by atoms with Gasteiger partial charge in [-0.25, -0.2) is 0 Å². The van der Waals surface area contributed by atoms with Gasteiger partial charge in [-0.15, -0.1) is 12.4 Å². The molecule has 0 aromatic heterocycles. The summed E-state index contributed by atoms with van der Waals surface area (Å²) in [4.78, 5) is 11.7. The molecule has 2 rings (SSSR count). The Morgan fingerprint density at radius 2 is 2.00 bits per heavy atom. The van der Waals surface area contributed by atoms with E-state index in [4.69, 9.17) is 0 Å². The fourth-order valence-corrected chi connectivity index (χ4v) is 2.48. The van der Waals surface area contributed by atoms with Crippen LogP contribution < -0.4 is 10.6 Å². The van der Waals surface area contributed by atoms with Crippen molar-refractivity contribution in [3.8, 4) is 0 Å². The monoisotopic (exact) mass is 232 g/mol. The summed E-state index contributed by atoms with van der Waals surface area (Å²) in [5, 5.41) is 6.31. The lowest BCUT2D eigenvalue weighted by Crippen LogP contribution is -2.34. The third kappa shape index (κ3) is 3.65. The Hall–Kier alpha value is -0.280. The number of amides is 1. The van der Waals surface area contributed by atoms with Crippen LogP contribution in [0.2, 0.25) is 0 Å². The van der Waals surface area contributed by atoms with Crippen molar-refractivity contribution in [1.29, 1.82) is 0 Å². The molecule has 1 amide bonds. The maximum absolute atomic E-state index is 11.7. The van der Waals surface area contributed by atoms with Crippen LogP contribution in [0.15, 0.2) is 0 Å². The molecule has 15 heavy (non-hydrogen) atoms. The van der Waals surface area contributed by atoms with E-state index in [0.717, 1.165) is 32.0 Å². The molecular weight excluding hydrogens is 212 g/mol. The summed E-state index contributed by atoms with van der Waals surface area (Å²) in [5.41, 5.74) is 0. The van der Waals surface area contributed by atoms with Gasteiger partial charge in [-0.05, 0) is 31.7 Å². The van der Waals surface area contributed by atoms with Gasteiger partial charge in [0.1, 0.15) is 0 Å². The van der Waals surface area contributed by atoms with E-state index in [2.05, 4.69) is 10.6 Å². The Morgan fingerprint density at radius 1 is 1.27 bits per heavy atom. The van der Waals surface area contributed by atoms with Gasteiger partial charge in [0.25, 0.3) is 0 Å². The average molecular weight is 233 g/mol. The first-order chi connectivity index (χ1) is 6.86. The molecule has 1 heterocycles.